The Kier molecular flexibility index (Phi) is 10.2. The van der Waals surface area contributed by atoms with Gasteiger partial charge in [0.05, 0.1) is 0 Å². The molecule has 0 bridgehead atoms. The predicted molar refractivity (Wildman–Crippen MR) is 162 cm³/mol. The normalized spacial score (nSPS) is 11.4. The fraction of sp³-hybridized carbons (Fsp3) is 0.455. The summed E-state index contributed by atoms with van der Waals surface area (Å²) in [6.07, 6.45) is 2.78. The minimum atomic E-state index is -0.224. The summed E-state index contributed by atoms with van der Waals surface area (Å²) in [4.78, 5) is 2.33. The molecule has 3 rings (SSSR count). The fourth-order valence-corrected chi connectivity index (χ4v) is 5.90. The van der Waals surface area contributed by atoms with Gasteiger partial charge in [0, 0.05) is 49.3 Å². The van der Waals surface area contributed by atoms with Crippen LogP contribution in [-0.2, 0) is 25.7 Å². The summed E-state index contributed by atoms with van der Waals surface area (Å²) >= 11 is 0. The van der Waals surface area contributed by atoms with E-state index in [0.29, 0.717) is 12.8 Å². The highest BCUT2D eigenvalue weighted by molar-refractivity contribution is 5.71. The number of aliphatic hydroxyl groups excluding tert-OH is 2. The van der Waals surface area contributed by atoms with Crippen molar-refractivity contribution in [3.05, 3.63) is 86.5 Å². The molecule has 5 heteroatoms. The van der Waals surface area contributed by atoms with Crippen LogP contribution in [0.5, 0.6) is 0 Å². The van der Waals surface area contributed by atoms with Crippen LogP contribution in [0.15, 0.2) is 36.4 Å². The third kappa shape index (κ3) is 5.69. The number of hydrogen-bond donors (Lipinski definition) is 4. The molecule has 206 valence electrons. The van der Waals surface area contributed by atoms with Gasteiger partial charge in [0.2, 0.25) is 0 Å². The molecule has 5 nitrogen and oxygen atoms in total. The Labute approximate surface area is 229 Å². The van der Waals surface area contributed by atoms with E-state index in [1.165, 1.54) is 16.8 Å². The zero-order valence-electron chi connectivity index (χ0n) is 24.2. The van der Waals surface area contributed by atoms with Crippen LogP contribution in [0.4, 0.5) is 17.1 Å². The molecule has 6 N–H and O–H groups in total. The molecule has 0 aromatic heterocycles. The van der Waals surface area contributed by atoms with Gasteiger partial charge in [-0.3, -0.25) is 0 Å². The zero-order valence-corrected chi connectivity index (χ0v) is 24.2. The summed E-state index contributed by atoms with van der Waals surface area (Å²) < 4.78 is 0. The number of nitrogens with two attached hydrogens (primary N) is 2. The van der Waals surface area contributed by atoms with Crippen molar-refractivity contribution in [3.63, 3.8) is 0 Å². The minimum absolute atomic E-state index is 0.0407. The van der Waals surface area contributed by atoms with E-state index in [1.807, 2.05) is 0 Å². The van der Waals surface area contributed by atoms with Crippen LogP contribution in [0.25, 0.3) is 0 Å². The van der Waals surface area contributed by atoms with E-state index in [9.17, 15) is 10.2 Å². The first kappa shape index (κ1) is 29.5. The molecule has 0 heterocycles. The average Bonchev–Trinajstić information content (AvgIpc) is 2.92. The summed E-state index contributed by atoms with van der Waals surface area (Å²) in [5.41, 5.74) is 26.4. The van der Waals surface area contributed by atoms with Crippen molar-refractivity contribution in [2.75, 3.05) is 42.7 Å². The van der Waals surface area contributed by atoms with E-state index < -0.39 is 0 Å². The molecule has 0 aliphatic rings. The number of anilines is 3. The Bertz CT molecular complexity index is 1160. The van der Waals surface area contributed by atoms with E-state index in [0.717, 1.165) is 76.3 Å². The smallest absolute Gasteiger partial charge is 0.0471 e. The molecule has 0 fully saturated rings. The van der Waals surface area contributed by atoms with Gasteiger partial charge in [-0.25, -0.2) is 0 Å². The molecule has 0 atom stereocenters. The number of benzene rings is 3. The van der Waals surface area contributed by atoms with Gasteiger partial charge < -0.3 is 26.6 Å². The number of nitrogens with zero attached hydrogens (tertiary/aromatic N) is 1. The molecule has 0 aliphatic heterocycles. The molecule has 0 saturated carbocycles. The van der Waals surface area contributed by atoms with Crippen LogP contribution in [-0.4, -0.2) is 36.5 Å². The second-order valence-corrected chi connectivity index (χ2v) is 10.1. The summed E-state index contributed by atoms with van der Waals surface area (Å²) in [7, 11) is 0. The minimum Gasteiger partial charge on any atom is -0.398 e. The largest absolute Gasteiger partial charge is 0.398 e. The number of hydrogen-bond acceptors (Lipinski definition) is 5. The molecule has 0 radical (unpaired) electrons. The maximum atomic E-state index is 10.0. The van der Waals surface area contributed by atoms with Crippen molar-refractivity contribution in [2.45, 2.75) is 73.1 Å². The SMILES string of the molecule is CCc1cc(CCO)c(C(c2ccc(N(CC)CC)cc2)c2c(CCO)cc(CC)c(C)c2N)c(N)c1C. The second kappa shape index (κ2) is 13.2. The Morgan fingerprint density at radius 2 is 1.11 bits per heavy atom. The summed E-state index contributed by atoms with van der Waals surface area (Å²) in [5.74, 6) is -0.224. The number of aliphatic hydroxyl groups is 2. The van der Waals surface area contributed by atoms with Gasteiger partial charge in [-0.15, -0.1) is 0 Å². The van der Waals surface area contributed by atoms with Crippen molar-refractivity contribution in [1.82, 2.24) is 0 Å². The monoisotopic (exact) mass is 517 g/mol. The lowest BCUT2D eigenvalue weighted by atomic mass is 9.75. The second-order valence-electron chi connectivity index (χ2n) is 10.1. The third-order valence-electron chi connectivity index (χ3n) is 8.20. The molecule has 38 heavy (non-hydrogen) atoms. The first-order valence-electron chi connectivity index (χ1n) is 14.2. The van der Waals surface area contributed by atoms with Crippen LogP contribution in [0, 0.1) is 13.8 Å². The third-order valence-corrected chi connectivity index (χ3v) is 8.20. The van der Waals surface area contributed by atoms with Gasteiger partial charge in [-0.05, 0) is 116 Å². The van der Waals surface area contributed by atoms with Crippen LogP contribution in [0.3, 0.4) is 0 Å². The van der Waals surface area contributed by atoms with Gasteiger partial charge in [0.15, 0.2) is 0 Å². The molecular weight excluding hydrogens is 470 g/mol. The van der Waals surface area contributed by atoms with Gasteiger partial charge in [-0.1, -0.05) is 38.1 Å². The van der Waals surface area contributed by atoms with Crippen LogP contribution in [0.2, 0.25) is 0 Å². The lowest BCUT2D eigenvalue weighted by Crippen LogP contribution is -2.22. The molecular formula is C33H47N3O2. The van der Waals surface area contributed by atoms with E-state index >= 15 is 0 Å². The summed E-state index contributed by atoms with van der Waals surface area (Å²) in [6.45, 7) is 14.7. The maximum Gasteiger partial charge on any atom is 0.0471 e. The first-order valence-corrected chi connectivity index (χ1v) is 14.2. The van der Waals surface area contributed by atoms with E-state index in [1.54, 1.807) is 0 Å². The molecule has 0 aliphatic carbocycles. The average molecular weight is 518 g/mol. The molecule has 0 spiro atoms. The molecule has 0 amide bonds. The van der Waals surface area contributed by atoms with Gasteiger partial charge in [-0.2, -0.15) is 0 Å². The highest BCUT2D eigenvalue weighted by atomic mass is 16.3. The molecule has 3 aromatic rings. The lowest BCUT2D eigenvalue weighted by Gasteiger charge is -2.30. The van der Waals surface area contributed by atoms with Crippen molar-refractivity contribution < 1.29 is 10.2 Å². The van der Waals surface area contributed by atoms with Crippen LogP contribution < -0.4 is 16.4 Å². The predicted octanol–water partition coefficient (Wildman–Crippen LogP) is 5.69. The number of rotatable bonds is 12. The number of aryl methyl sites for hydroxylation is 2. The van der Waals surface area contributed by atoms with Crippen molar-refractivity contribution >= 4 is 17.1 Å². The Morgan fingerprint density at radius 1 is 0.684 bits per heavy atom. The van der Waals surface area contributed by atoms with Crippen LogP contribution in [0.1, 0.15) is 83.7 Å². The van der Waals surface area contributed by atoms with Crippen molar-refractivity contribution in [2.24, 2.45) is 0 Å². The standard InChI is InChI=1S/C33H47N3O2/c1-7-23-19-26(15-17-37)30(32(34)21(23)5)29(25-11-13-28(14-12-25)36(9-3)10-4)31-27(16-18-38)20-24(8-2)22(6)33(31)35/h11-14,19-20,29,37-38H,7-10,15-18,34-35H2,1-6H3. The molecule has 0 unspecified atom stereocenters. The maximum absolute atomic E-state index is 10.0. The van der Waals surface area contributed by atoms with Crippen molar-refractivity contribution in [3.8, 4) is 0 Å². The van der Waals surface area contributed by atoms with Gasteiger partial charge >= 0.3 is 0 Å². The zero-order chi connectivity index (χ0) is 28.0. The van der Waals surface area contributed by atoms with E-state index in [2.05, 4.69) is 82.8 Å². The fourth-order valence-electron chi connectivity index (χ4n) is 5.90. The van der Waals surface area contributed by atoms with Crippen molar-refractivity contribution in [1.29, 1.82) is 0 Å². The first-order chi connectivity index (χ1) is 18.3. The molecule has 3 aromatic carbocycles. The Hall–Kier alpha value is -3.02. The number of nitrogen functional groups attached to an aromatic ring is 2. The van der Waals surface area contributed by atoms with Crippen LogP contribution >= 0.6 is 0 Å². The van der Waals surface area contributed by atoms with Gasteiger partial charge in [0.1, 0.15) is 0 Å². The van der Waals surface area contributed by atoms with Gasteiger partial charge in [0.25, 0.3) is 0 Å². The molecule has 0 saturated heterocycles. The summed E-state index contributed by atoms with van der Waals surface area (Å²) in [6, 6.07) is 13.2. The Morgan fingerprint density at radius 3 is 1.45 bits per heavy atom. The highest BCUT2D eigenvalue weighted by Crippen LogP contribution is 2.45. The lowest BCUT2D eigenvalue weighted by molar-refractivity contribution is 0.299. The van der Waals surface area contributed by atoms with E-state index in [4.69, 9.17) is 11.5 Å². The Balaban J connectivity index is 2.43. The quantitative estimate of drug-likeness (QED) is 0.183. The van der Waals surface area contributed by atoms with E-state index in [-0.39, 0.29) is 19.1 Å². The highest BCUT2D eigenvalue weighted by Gasteiger charge is 2.29. The topological polar surface area (TPSA) is 95.7 Å². The summed E-state index contributed by atoms with van der Waals surface area (Å²) in [5, 5.41) is 20.1.